The van der Waals surface area contributed by atoms with Crippen LogP contribution in [0.2, 0.25) is 0 Å². The van der Waals surface area contributed by atoms with Gasteiger partial charge in [0.25, 0.3) is 0 Å². The van der Waals surface area contributed by atoms with E-state index in [1.165, 1.54) is 261 Å². The quantitative estimate of drug-likeness (QED) is 0.0414. The van der Waals surface area contributed by atoms with Crippen LogP contribution in [0.25, 0.3) is 44.3 Å². The number of aromatic nitrogens is 2. The molecule has 0 N–H and O–H groups in total. The summed E-state index contributed by atoms with van der Waals surface area (Å²) >= 11 is 7.67. The molecule has 0 saturated carbocycles. The normalized spacial score (nSPS) is 15.9. The molecule has 0 radical (unpaired) electrons. The Hall–Kier alpha value is -3.08. The van der Waals surface area contributed by atoms with E-state index in [0.717, 1.165) is 20.8 Å². The van der Waals surface area contributed by atoms with Crippen LogP contribution >= 0.6 is 31.9 Å². The summed E-state index contributed by atoms with van der Waals surface area (Å²) in [4.78, 5) is 0. The van der Waals surface area contributed by atoms with Crippen molar-refractivity contribution < 1.29 is 0 Å². The predicted octanol–water partition coefficient (Wildman–Crippen LogP) is 21.2. The fourth-order valence-electron chi connectivity index (χ4n) is 12.4. The Morgan fingerprint density at radius 3 is 1.06 bits per heavy atom. The lowest BCUT2D eigenvalue weighted by molar-refractivity contribution is 0.401. The van der Waals surface area contributed by atoms with Gasteiger partial charge in [-0.2, -0.15) is 0 Å². The van der Waals surface area contributed by atoms with Gasteiger partial charge in [0.15, 0.2) is 0 Å². The van der Waals surface area contributed by atoms with E-state index < -0.39 is 0 Å². The van der Waals surface area contributed by atoms with E-state index in [-0.39, 0.29) is 0 Å². The molecule has 2 atom stereocenters. The van der Waals surface area contributed by atoms with Crippen LogP contribution in [0, 0.1) is 11.8 Å². The SMILES string of the molecule is CCCCCCCCCCCCCCC1CCc2c(c3ccc(Br)cc3n2-c2ccc(-c3ccc(-n4c5c(c6ccc(Br)cc64)CC(CCCCCCCCCCCCCC)CC5)cc3)cc2)C1. The van der Waals surface area contributed by atoms with Crippen molar-refractivity contribution in [3.63, 3.8) is 0 Å². The average Bonchev–Trinajstić information content (AvgIpc) is 3.85. The number of hydrogen-bond acceptors (Lipinski definition) is 0. The maximum Gasteiger partial charge on any atom is 0.0545 e. The number of fused-ring (bicyclic) bond motifs is 6. The number of rotatable bonds is 29. The second-order valence-corrected chi connectivity index (χ2v) is 23.3. The summed E-state index contributed by atoms with van der Waals surface area (Å²) in [6, 6.07) is 32.8. The fraction of sp³-hybridized carbons (Fsp3) is 0.562. The predicted molar refractivity (Wildman–Crippen MR) is 303 cm³/mol. The van der Waals surface area contributed by atoms with Gasteiger partial charge in [-0.1, -0.05) is 249 Å². The van der Waals surface area contributed by atoms with E-state index in [2.05, 4.69) is 140 Å². The highest BCUT2D eigenvalue weighted by Crippen LogP contribution is 2.41. The first-order chi connectivity index (χ1) is 33.5. The molecule has 0 fully saturated rings. The Morgan fingerprint density at radius 1 is 0.397 bits per heavy atom. The highest BCUT2D eigenvalue weighted by Gasteiger charge is 2.28. The molecule has 0 bridgehead atoms. The smallest absolute Gasteiger partial charge is 0.0545 e. The van der Waals surface area contributed by atoms with Gasteiger partial charge in [0, 0.05) is 42.5 Å². The summed E-state index contributed by atoms with van der Waals surface area (Å²) in [5.41, 5.74) is 14.1. The van der Waals surface area contributed by atoms with Gasteiger partial charge in [0.2, 0.25) is 0 Å². The third kappa shape index (κ3) is 13.7. The molecule has 2 aliphatic rings. The van der Waals surface area contributed by atoms with Crippen molar-refractivity contribution in [3.05, 3.63) is 116 Å². The van der Waals surface area contributed by atoms with Gasteiger partial charge in [-0.3, -0.25) is 0 Å². The molecule has 6 aromatic rings. The van der Waals surface area contributed by atoms with Crippen molar-refractivity contribution in [2.45, 2.75) is 219 Å². The van der Waals surface area contributed by atoms with Crippen LogP contribution in [0.5, 0.6) is 0 Å². The highest BCUT2D eigenvalue weighted by atomic mass is 79.9. The monoisotopic (exact) mass is 1040 g/mol. The number of unbranched alkanes of at least 4 members (excludes halogenated alkanes) is 22. The largest absolute Gasteiger partial charge is 0.313 e. The molecule has 366 valence electrons. The number of halogens is 2. The van der Waals surface area contributed by atoms with Crippen molar-refractivity contribution >= 4 is 53.7 Å². The zero-order valence-corrected chi connectivity index (χ0v) is 45.7. The standard InChI is InChI=1S/C64H86Br2N2/c1-3-5-7-9-11-13-15-17-19-21-23-25-27-49-29-43-61-59(45-49)57-41-35-53(65)47-63(57)67(61)55-37-31-51(32-38-55)52-33-39-56(40-34-52)68-62-44-30-50(46-60(62)58-42-36-54(66)48-64(58)68)28-26-24-22-20-18-16-14-12-10-8-6-4-2/h31-42,47-50H,3-30,43-46H2,1-2H3. The number of nitrogens with zero attached hydrogens (tertiary/aromatic N) is 2. The Balaban J connectivity index is 0.863. The Bertz CT molecular complexity index is 2260. The van der Waals surface area contributed by atoms with Crippen molar-refractivity contribution in [2.24, 2.45) is 11.8 Å². The first-order valence-corrected chi connectivity index (χ1v) is 30.0. The first-order valence-electron chi connectivity index (χ1n) is 28.4. The molecule has 2 heterocycles. The molecular weight excluding hydrogens is 957 g/mol. The van der Waals surface area contributed by atoms with Gasteiger partial charge in [-0.05, 0) is 121 Å². The Kier molecular flexibility index (Phi) is 20.3. The summed E-state index contributed by atoms with van der Waals surface area (Å²) in [6.07, 6.45) is 44.3. The van der Waals surface area contributed by atoms with Crippen LogP contribution in [0.15, 0.2) is 93.9 Å². The van der Waals surface area contributed by atoms with E-state index in [4.69, 9.17) is 0 Å². The van der Waals surface area contributed by atoms with Gasteiger partial charge in [-0.15, -0.1) is 0 Å². The van der Waals surface area contributed by atoms with Crippen LogP contribution in [0.3, 0.4) is 0 Å². The zero-order valence-electron chi connectivity index (χ0n) is 42.5. The minimum atomic E-state index is 0.807. The highest BCUT2D eigenvalue weighted by molar-refractivity contribution is 9.10. The lowest BCUT2D eigenvalue weighted by atomic mass is 9.83. The molecule has 2 unspecified atom stereocenters. The number of hydrogen-bond donors (Lipinski definition) is 0. The minimum absolute atomic E-state index is 0.807. The Labute approximate surface area is 430 Å². The molecule has 68 heavy (non-hydrogen) atoms. The topological polar surface area (TPSA) is 9.86 Å². The summed E-state index contributed by atoms with van der Waals surface area (Å²) in [6.45, 7) is 4.62. The molecule has 2 aromatic heterocycles. The van der Waals surface area contributed by atoms with Crippen LogP contribution in [0.1, 0.15) is 216 Å². The fourth-order valence-corrected chi connectivity index (χ4v) is 13.1. The maximum atomic E-state index is 3.84. The van der Waals surface area contributed by atoms with E-state index >= 15 is 0 Å². The second-order valence-electron chi connectivity index (χ2n) is 21.5. The van der Waals surface area contributed by atoms with Gasteiger partial charge in [0.05, 0.1) is 11.0 Å². The van der Waals surface area contributed by atoms with Crippen molar-refractivity contribution in [2.75, 3.05) is 0 Å². The molecule has 0 spiro atoms. The first kappa shape index (κ1) is 51.3. The van der Waals surface area contributed by atoms with E-state index in [1.54, 1.807) is 11.1 Å². The van der Waals surface area contributed by atoms with E-state index in [9.17, 15) is 0 Å². The third-order valence-electron chi connectivity index (χ3n) is 16.4. The summed E-state index contributed by atoms with van der Waals surface area (Å²) in [5.74, 6) is 1.61. The van der Waals surface area contributed by atoms with Gasteiger partial charge < -0.3 is 9.13 Å². The van der Waals surface area contributed by atoms with E-state index in [0.29, 0.717) is 0 Å². The van der Waals surface area contributed by atoms with Gasteiger partial charge in [0.1, 0.15) is 0 Å². The maximum absolute atomic E-state index is 3.84. The van der Waals surface area contributed by atoms with Crippen LogP contribution in [0.4, 0.5) is 0 Å². The third-order valence-corrected chi connectivity index (χ3v) is 17.4. The summed E-state index contributed by atoms with van der Waals surface area (Å²) < 4.78 is 7.49. The van der Waals surface area contributed by atoms with Crippen molar-refractivity contribution in [1.29, 1.82) is 0 Å². The van der Waals surface area contributed by atoms with Crippen LogP contribution in [-0.2, 0) is 25.7 Å². The molecule has 0 aliphatic heterocycles. The van der Waals surface area contributed by atoms with Gasteiger partial charge >= 0.3 is 0 Å². The van der Waals surface area contributed by atoms with Gasteiger partial charge in [-0.25, -0.2) is 0 Å². The van der Waals surface area contributed by atoms with Crippen molar-refractivity contribution in [3.8, 4) is 22.5 Å². The molecule has 0 saturated heterocycles. The zero-order chi connectivity index (χ0) is 46.9. The lowest BCUT2D eigenvalue weighted by Crippen LogP contribution is -2.16. The summed E-state index contributed by atoms with van der Waals surface area (Å²) in [7, 11) is 0. The molecule has 2 nitrogen and oxygen atoms in total. The van der Waals surface area contributed by atoms with E-state index in [1.807, 2.05) is 0 Å². The van der Waals surface area contributed by atoms with Crippen LogP contribution < -0.4 is 0 Å². The Morgan fingerprint density at radius 2 is 0.721 bits per heavy atom. The molecular formula is C64H86Br2N2. The van der Waals surface area contributed by atoms with Crippen molar-refractivity contribution in [1.82, 2.24) is 9.13 Å². The molecule has 4 heteroatoms. The average molecular weight is 1040 g/mol. The number of benzene rings is 4. The van der Waals surface area contributed by atoms with Crippen LogP contribution in [-0.4, -0.2) is 9.13 Å². The molecule has 4 aromatic carbocycles. The second kappa shape index (κ2) is 26.9. The minimum Gasteiger partial charge on any atom is -0.313 e. The summed E-state index contributed by atoms with van der Waals surface area (Å²) in [5, 5.41) is 2.90. The lowest BCUT2D eigenvalue weighted by Gasteiger charge is -2.24. The molecule has 2 aliphatic carbocycles. The molecule has 0 amide bonds. The molecule has 8 rings (SSSR count).